The number of carbonyl (C=O) groups excluding carboxylic acids is 2. The van der Waals surface area contributed by atoms with Crippen LogP contribution in [0.4, 0.5) is 31.9 Å². The van der Waals surface area contributed by atoms with Gasteiger partial charge in [0.15, 0.2) is 5.82 Å². The van der Waals surface area contributed by atoms with Gasteiger partial charge in [0.25, 0.3) is 11.8 Å². The molecule has 40 heavy (non-hydrogen) atoms. The Labute approximate surface area is 233 Å². The van der Waals surface area contributed by atoms with E-state index < -0.39 is 18.4 Å². The zero-order valence-electron chi connectivity index (χ0n) is 23.1. The Morgan fingerprint density at radius 1 is 1.15 bits per heavy atom. The molecule has 0 unspecified atom stereocenters. The second kappa shape index (κ2) is 11.9. The van der Waals surface area contributed by atoms with Crippen molar-refractivity contribution in [3.63, 3.8) is 0 Å². The molecule has 1 aromatic carbocycles. The number of amides is 2. The SMILES string of the molecule is COc1cc(C(=O)NCCN2CCCC2)ccc1Nc1ncc2c(n1)N(C1CCCCC1)CC(F)(F)C(=O)N2C. The number of ether oxygens (including phenoxy) is 1. The molecular weight excluding hydrogens is 520 g/mol. The van der Waals surface area contributed by atoms with E-state index in [1.54, 1.807) is 23.1 Å². The number of hydrogen-bond donors (Lipinski definition) is 2. The first-order chi connectivity index (χ1) is 19.3. The maximum absolute atomic E-state index is 14.9. The van der Waals surface area contributed by atoms with Gasteiger partial charge in [-0.1, -0.05) is 19.3 Å². The molecule has 2 amide bonds. The predicted molar refractivity (Wildman–Crippen MR) is 149 cm³/mol. The third kappa shape index (κ3) is 5.96. The van der Waals surface area contributed by atoms with Gasteiger partial charge in [-0.15, -0.1) is 0 Å². The molecule has 5 rings (SSSR count). The Kier molecular flexibility index (Phi) is 8.34. The minimum Gasteiger partial charge on any atom is -0.495 e. The smallest absolute Gasteiger partial charge is 0.342 e. The van der Waals surface area contributed by atoms with Crippen LogP contribution in [0, 0.1) is 0 Å². The van der Waals surface area contributed by atoms with E-state index in [4.69, 9.17) is 4.74 Å². The van der Waals surface area contributed by atoms with Crippen LogP contribution in [0.3, 0.4) is 0 Å². The van der Waals surface area contributed by atoms with Crippen molar-refractivity contribution < 1.29 is 23.1 Å². The first-order valence-electron chi connectivity index (χ1n) is 14.0. The summed E-state index contributed by atoms with van der Waals surface area (Å²) >= 11 is 0. The zero-order chi connectivity index (χ0) is 28.3. The van der Waals surface area contributed by atoms with Gasteiger partial charge in [0.1, 0.15) is 11.4 Å². The number of halogens is 2. The lowest BCUT2D eigenvalue weighted by molar-refractivity contribution is -0.140. The van der Waals surface area contributed by atoms with Crippen LogP contribution in [-0.4, -0.2) is 85.5 Å². The van der Waals surface area contributed by atoms with Crippen molar-refractivity contribution in [3.05, 3.63) is 30.0 Å². The summed E-state index contributed by atoms with van der Waals surface area (Å²) in [6, 6.07) is 4.88. The lowest BCUT2D eigenvalue weighted by atomic mass is 9.94. The summed E-state index contributed by atoms with van der Waals surface area (Å²) in [4.78, 5) is 39.1. The van der Waals surface area contributed by atoms with Crippen molar-refractivity contribution in [2.24, 2.45) is 0 Å². The van der Waals surface area contributed by atoms with Crippen LogP contribution in [0.25, 0.3) is 0 Å². The van der Waals surface area contributed by atoms with Gasteiger partial charge in [-0.2, -0.15) is 13.8 Å². The Morgan fingerprint density at radius 3 is 2.62 bits per heavy atom. The van der Waals surface area contributed by atoms with E-state index in [1.807, 2.05) is 0 Å². The van der Waals surface area contributed by atoms with E-state index >= 15 is 0 Å². The minimum absolute atomic E-state index is 0.141. The highest BCUT2D eigenvalue weighted by molar-refractivity contribution is 6.02. The maximum atomic E-state index is 14.9. The predicted octanol–water partition coefficient (Wildman–Crippen LogP) is 3.81. The zero-order valence-corrected chi connectivity index (χ0v) is 23.1. The van der Waals surface area contributed by atoms with E-state index in [-0.39, 0.29) is 23.6 Å². The van der Waals surface area contributed by atoms with Gasteiger partial charge < -0.3 is 30.1 Å². The number of nitrogens with zero attached hydrogens (tertiary/aromatic N) is 5. The van der Waals surface area contributed by atoms with Crippen molar-refractivity contribution in [3.8, 4) is 5.75 Å². The number of carbonyl (C=O) groups is 2. The molecule has 1 aliphatic carbocycles. The lowest BCUT2D eigenvalue weighted by Crippen LogP contribution is -2.49. The van der Waals surface area contributed by atoms with E-state index in [1.165, 1.54) is 33.2 Å². The van der Waals surface area contributed by atoms with Gasteiger partial charge in [0.2, 0.25) is 5.95 Å². The van der Waals surface area contributed by atoms with Gasteiger partial charge in [0.05, 0.1) is 25.5 Å². The maximum Gasteiger partial charge on any atom is 0.342 e. The fourth-order valence-electron chi connectivity index (χ4n) is 5.77. The average molecular weight is 558 g/mol. The second-order valence-corrected chi connectivity index (χ2v) is 10.7. The minimum atomic E-state index is -3.55. The molecule has 3 aliphatic rings. The molecule has 2 aromatic rings. The molecule has 0 radical (unpaired) electrons. The summed E-state index contributed by atoms with van der Waals surface area (Å²) in [5.74, 6) is -4.13. The van der Waals surface area contributed by atoms with Crippen molar-refractivity contribution in [1.29, 1.82) is 0 Å². The number of methoxy groups -OCH3 is 1. The average Bonchev–Trinajstić information content (AvgIpc) is 3.47. The third-order valence-electron chi connectivity index (χ3n) is 8.01. The van der Waals surface area contributed by atoms with E-state index in [9.17, 15) is 18.4 Å². The molecule has 10 nitrogen and oxygen atoms in total. The van der Waals surface area contributed by atoms with Gasteiger partial charge >= 0.3 is 5.92 Å². The highest BCUT2D eigenvalue weighted by Gasteiger charge is 2.48. The summed E-state index contributed by atoms with van der Waals surface area (Å²) < 4.78 is 35.4. The molecule has 216 valence electrons. The fourth-order valence-corrected chi connectivity index (χ4v) is 5.77. The van der Waals surface area contributed by atoms with Gasteiger partial charge in [-0.3, -0.25) is 9.59 Å². The third-order valence-corrected chi connectivity index (χ3v) is 8.01. The number of anilines is 4. The topological polar surface area (TPSA) is 103 Å². The number of aromatic nitrogens is 2. The highest BCUT2D eigenvalue weighted by Crippen LogP contribution is 2.39. The van der Waals surface area contributed by atoms with Gasteiger partial charge in [-0.25, -0.2) is 4.98 Å². The Bertz CT molecular complexity index is 1230. The van der Waals surface area contributed by atoms with Gasteiger partial charge in [-0.05, 0) is 57.0 Å². The number of rotatable bonds is 8. The van der Waals surface area contributed by atoms with Crippen LogP contribution in [0.15, 0.2) is 24.4 Å². The van der Waals surface area contributed by atoms with Crippen molar-refractivity contribution in [2.75, 3.05) is 62.0 Å². The summed E-state index contributed by atoms with van der Waals surface area (Å²) in [6.45, 7) is 2.81. The molecule has 0 atom stereocenters. The van der Waals surface area contributed by atoms with Crippen molar-refractivity contribution in [2.45, 2.75) is 56.9 Å². The number of nitrogens with one attached hydrogen (secondary N) is 2. The molecule has 0 spiro atoms. The summed E-state index contributed by atoms with van der Waals surface area (Å²) in [7, 11) is 2.83. The van der Waals surface area contributed by atoms with E-state index in [0.29, 0.717) is 29.4 Å². The number of fused-ring (bicyclic) bond motifs is 1. The Hall–Kier alpha value is -3.54. The molecule has 1 aromatic heterocycles. The molecule has 2 N–H and O–H groups in total. The monoisotopic (exact) mass is 557 g/mol. The molecule has 12 heteroatoms. The molecule has 0 bridgehead atoms. The summed E-state index contributed by atoms with van der Waals surface area (Å²) in [6.07, 6.45) is 8.27. The Morgan fingerprint density at radius 2 is 1.90 bits per heavy atom. The van der Waals surface area contributed by atoms with Crippen LogP contribution >= 0.6 is 0 Å². The number of hydrogen-bond acceptors (Lipinski definition) is 8. The fraction of sp³-hybridized carbons (Fsp3) is 0.571. The van der Waals surface area contributed by atoms with Crippen molar-refractivity contribution in [1.82, 2.24) is 20.2 Å². The van der Waals surface area contributed by atoms with Crippen molar-refractivity contribution >= 4 is 35.0 Å². The number of alkyl halides is 2. The molecule has 1 saturated carbocycles. The molecule has 3 heterocycles. The van der Waals surface area contributed by atoms with Crippen LogP contribution < -0.4 is 25.2 Å². The van der Waals surface area contributed by atoms with E-state index in [0.717, 1.165) is 56.6 Å². The molecular formula is C28H37F2N7O3. The summed E-state index contributed by atoms with van der Waals surface area (Å²) in [5, 5.41) is 6.06. The number of benzene rings is 1. The van der Waals surface area contributed by atoms with Crippen LogP contribution in [0.5, 0.6) is 5.75 Å². The summed E-state index contributed by atoms with van der Waals surface area (Å²) in [5.41, 5.74) is 1.22. The van der Waals surface area contributed by atoms with Gasteiger partial charge in [0, 0.05) is 31.7 Å². The first-order valence-corrected chi connectivity index (χ1v) is 14.0. The normalized spacial score (nSPS) is 19.8. The lowest BCUT2D eigenvalue weighted by Gasteiger charge is -2.35. The number of likely N-dealkylation sites (tertiary alicyclic amines) is 1. The largest absolute Gasteiger partial charge is 0.495 e. The highest BCUT2D eigenvalue weighted by atomic mass is 19.3. The second-order valence-electron chi connectivity index (χ2n) is 10.7. The van der Waals surface area contributed by atoms with Crippen LogP contribution in [0.1, 0.15) is 55.3 Å². The van der Waals surface area contributed by atoms with Crippen LogP contribution in [-0.2, 0) is 4.79 Å². The molecule has 2 fully saturated rings. The standard InChI is InChI=1S/C28H37F2N7O3/c1-35-22-17-32-27(34-24(22)37(18-28(29,30)26(35)39)20-8-4-3-5-9-20)33-21-11-10-19(16-23(21)40-2)25(38)31-12-15-36-13-6-7-14-36/h10-11,16-17,20H,3-9,12-15,18H2,1-2H3,(H,31,38)(H,32,33,34). The first kappa shape index (κ1) is 28.0. The Balaban J connectivity index is 1.36. The quantitative estimate of drug-likeness (QED) is 0.505. The molecule has 2 aliphatic heterocycles. The van der Waals surface area contributed by atoms with Crippen LogP contribution in [0.2, 0.25) is 0 Å². The van der Waals surface area contributed by atoms with E-state index in [2.05, 4.69) is 25.5 Å². The molecule has 1 saturated heterocycles.